The molecule has 0 aliphatic rings. The number of hydrogen-bond donors (Lipinski definition) is 3. The summed E-state index contributed by atoms with van der Waals surface area (Å²) in [6, 6.07) is 21.0. The molecular weight excluding hydrogens is 326 g/mol. The van der Waals surface area contributed by atoms with Crippen LogP contribution in [0.25, 0.3) is 21.7 Å². The van der Waals surface area contributed by atoms with Crippen LogP contribution in [0.2, 0.25) is 0 Å². The van der Waals surface area contributed by atoms with Crippen LogP contribution in [-0.2, 0) is 4.79 Å². The van der Waals surface area contributed by atoms with Crippen LogP contribution in [0.1, 0.15) is 17.4 Å². The van der Waals surface area contributed by atoms with Crippen LogP contribution in [0, 0.1) is 0 Å². The topological polar surface area (TPSA) is 74.0 Å². The molecule has 128 valence electrons. The molecule has 0 saturated heterocycles. The fourth-order valence-electron chi connectivity index (χ4n) is 3.05. The Hall–Kier alpha value is -3.60. The first-order chi connectivity index (χ1) is 12.6. The second-order valence-electron chi connectivity index (χ2n) is 6.14. The molecule has 3 N–H and O–H groups in total. The Labute approximate surface area is 150 Å². The number of benzene rings is 3. The minimum absolute atomic E-state index is 0.132. The van der Waals surface area contributed by atoms with Crippen LogP contribution in [0.4, 0.5) is 11.4 Å². The van der Waals surface area contributed by atoms with E-state index in [1.165, 1.54) is 6.92 Å². The van der Waals surface area contributed by atoms with Crippen molar-refractivity contribution in [2.24, 2.45) is 0 Å². The highest BCUT2D eigenvalue weighted by atomic mass is 16.2. The lowest BCUT2D eigenvalue weighted by Crippen LogP contribution is -2.12. The van der Waals surface area contributed by atoms with Gasteiger partial charge in [-0.05, 0) is 47.2 Å². The van der Waals surface area contributed by atoms with Gasteiger partial charge in [-0.1, -0.05) is 30.3 Å². The summed E-state index contributed by atoms with van der Waals surface area (Å²) in [5, 5.41) is 8.83. The summed E-state index contributed by atoms with van der Waals surface area (Å²) < 4.78 is 0. The van der Waals surface area contributed by atoms with E-state index in [1.54, 1.807) is 24.3 Å². The predicted molar refractivity (Wildman–Crippen MR) is 105 cm³/mol. The number of hydrogen-bond acceptors (Lipinski definition) is 2. The van der Waals surface area contributed by atoms with Crippen molar-refractivity contribution in [1.29, 1.82) is 0 Å². The average molecular weight is 343 g/mol. The highest BCUT2D eigenvalue weighted by molar-refractivity contribution is 6.12. The van der Waals surface area contributed by atoms with Crippen molar-refractivity contribution in [1.82, 2.24) is 4.98 Å². The lowest BCUT2D eigenvalue weighted by molar-refractivity contribution is -0.114. The lowest BCUT2D eigenvalue weighted by atomic mass is 10.1. The number of aromatic amines is 1. The number of carbonyl (C=O) groups excluding carboxylic acids is 2. The smallest absolute Gasteiger partial charge is 0.272 e. The van der Waals surface area contributed by atoms with E-state index < -0.39 is 0 Å². The molecule has 1 heterocycles. The average Bonchev–Trinajstić information content (AvgIpc) is 3.08. The standard InChI is InChI=1S/C21H17N3O2/c1-13(25)22-15-7-9-16(10-8-15)23-21(26)20-12-18-17-5-3-2-4-14(17)6-11-19(18)24-20/h2-12,24H,1H3,(H,22,25)(H,23,26). The predicted octanol–water partition coefficient (Wildman–Crippen LogP) is 4.53. The Bertz CT molecular complexity index is 1130. The van der Waals surface area contributed by atoms with Gasteiger partial charge in [-0.2, -0.15) is 0 Å². The van der Waals surface area contributed by atoms with Crippen molar-refractivity contribution in [2.45, 2.75) is 6.92 Å². The minimum atomic E-state index is -0.211. The number of fused-ring (bicyclic) bond motifs is 3. The number of aromatic nitrogens is 1. The third-order valence-corrected chi connectivity index (χ3v) is 4.24. The number of nitrogens with one attached hydrogen (secondary N) is 3. The second-order valence-corrected chi connectivity index (χ2v) is 6.14. The van der Waals surface area contributed by atoms with Crippen LogP contribution in [0.3, 0.4) is 0 Å². The molecule has 4 aromatic rings. The number of amides is 2. The zero-order valence-electron chi connectivity index (χ0n) is 14.2. The molecule has 5 nitrogen and oxygen atoms in total. The molecule has 0 saturated carbocycles. The maximum absolute atomic E-state index is 12.6. The van der Waals surface area contributed by atoms with E-state index in [2.05, 4.69) is 21.7 Å². The summed E-state index contributed by atoms with van der Waals surface area (Å²) in [5.74, 6) is -0.343. The number of carbonyl (C=O) groups is 2. The van der Waals surface area contributed by atoms with Gasteiger partial charge in [-0.15, -0.1) is 0 Å². The molecule has 0 bridgehead atoms. The van der Waals surface area contributed by atoms with Gasteiger partial charge in [-0.3, -0.25) is 9.59 Å². The summed E-state index contributed by atoms with van der Waals surface area (Å²) in [7, 11) is 0. The van der Waals surface area contributed by atoms with E-state index in [9.17, 15) is 9.59 Å². The molecule has 26 heavy (non-hydrogen) atoms. The monoisotopic (exact) mass is 343 g/mol. The molecule has 0 unspecified atom stereocenters. The lowest BCUT2D eigenvalue weighted by Gasteiger charge is -2.06. The maximum atomic E-state index is 12.6. The fourth-order valence-corrected chi connectivity index (χ4v) is 3.05. The molecule has 4 rings (SSSR count). The zero-order chi connectivity index (χ0) is 18.1. The molecule has 0 aliphatic heterocycles. The Morgan fingerprint density at radius 1 is 0.808 bits per heavy atom. The van der Waals surface area contributed by atoms with Crippen molar-refractivity contribution in [2.75, 3.05) is 10.6 Å². The van der Waals surface area contributed by atoms with Gasteiger partial charge >= 0.3 is 0 Å². The van der Waals surface area contributed by atoms with Crippen molar-refractivity contribution >= 4 is 44.9 Å². The molecular formula is C21H17N3O2. The highest BCUT2D eigenvalue weighted by Crippen LogP contribution is 2.26. The van der Waals surface area contributed by atoms with Crippen LogP contribution >= 0.6 is 0 Å². The third kappa shape index (κ3) is 3.02. The Morgan fingerprint density at radius 3 is 2.23 bits per heavy atom. The largest absolute Gasteiger partial charge is 0.351 e. The second kappa shape index (κ2) is 6.37. The van der Waals surface area contributed by atoms with Crippen LogP contribution < -0.4 is 10.6 Å². The van der Waals surface area contributed by atoms with E-state index in [0.29, 0.717) is 17.1 Å². The molecule has 0 fully saturated rings. The van der Waals surface area contributed by atoms with Crippen LogP contribution in [0.15, 0.2) is 66.7 Å². The van der Waals surface area contributed by atoms with Gasteiger partial charge < -0.3 is 15.6 Å². The Balaban J connectivity index is 1.60. The SMILES string of the molecule is CC(=O)Nc1ccc(NC(=O)c2cc3c(ccc4ccccc43)[nH]2)cc1. The summed E-state index contributed by atoms with van der Waals surface area (Å²) in [6.07, 6.45) is 0. The Kier molecular flexibility index (Phi) is 3.89. The van der Waals surface area contributed by atoms with Gasteiger partial charge in [0.25, 0.3) is 5.91 Å². The van der Waals surface area contributed by atoms with E-state index in [0.717, 1.165) is 21.7 Å². The molecule has 0 spiro atoms. The number of rotatable bonds is 3. The highest BCUT2D eigenvalue weighted by Gasteiger charge is 2.11. The first-order valence-electron chi connectivity index (χ1n) is 8.29. The molecule has 0 radical (unpaired) electrons. The summed E-state index contributed by atoms with van der Waals surface area (Å²) >= 11 is 0. The third-order valence-electron chi connectivity index (χ3n) is 4.24. The number of H-pyrrole nitrogens is 1. The molecule has 5 heteroatoms. The van der Waals surface area contributed by atoms with E-state index in [4.69, 9.17) is 0 Å². The van der Waals surface area contributed by atoms with Gasteiger partial charge in [0, 0.05) is 29.2 Å². The van der Waals surface area contributed by atoms with Gasteiger partial charge in [-0.25, -0.2) is 0 Å². The van der Waals surface area contributed by atoms with E-state index in [1.807, 2.05) is 36.4 Å². The normalized spacial score (nSPS) is 10.8. The Morgan fingerprint density at radius 2 is 1.50 bits per heavy atom. The first-order valence-corrected chi connectivity index (χ1v) is 8.29. The number of anilines is 2. The first kappa shape index (κ1) is 15.9. The zero-order valence-corrected chi connectivity index (χ0v) is 14.2. The quantitative estimate of drug-likeness (QED) is 0.511. The molecule has 1 aromatic heterocycles. The fraction of sp³-hybridized carbons (Fsp3) is 0.0476. The summed E-state index contributed by atoms with van der Waals surface area (Å²) in [4.78, 5) is 26.8. The molecule has 2 amide bonds. The molecule has 0 aliphatic carbocycles. The van der Waals surface area contributed by atoms with Gasteiger partial charge in [0.05, 0.1) is 0 Å². The van der Waals surface area contributed by atoms with Gasteiger partial charge in [0.1, 0.15) is 5.69 Å². The molecule has 3 aromatic carbocycles. The van der Waals surface area contributed by atoms with Crippen molar-refractivity contribution in [3.8, 4) is 0 Å². The summed E-state index contributed by atoms with van der Waals surface area (Å²) in [5.41, 5.74) is 2.78. The molecule has 0 atom stereocenters. The minimum Gasteiger partial charge on any atom is -0.351 e. The van der Waals surface area contributed by atoms with E-state index >= 15 is 0 Å². The van der Waals surface area contributed by atoms with Crippen molar-refractivity contribution < 1.29 is 9.59 Å². The van der Waals surface area contributed by atoms with Crippen LogP contribution in [-0.4, -0.2) is 16.8 Å². The summed E-state index contributed by atoms with van der Waals surface area (Å²) in [6.45, 7) is 1.45. The van der Waals surface area contributed by atoms with Gasteiger partial charge in [0.2, 0.25) is 5.91 Å². The van der Waals surface area contributed by atoms with Gasteiger partial charge in [0.15, 0.2) is 0 Å². The van der Waals surface area contributed by atoms with E-state index in [-0.39, 0.29) is 11.8 Å². The van der Waals surface area contributed by atoms with Crippen molar-refractivity contribution in [3.63, 3.8) is 0 Å². The van der Waals surface area contributed by atoms with Crippen LogP contribution in [0.5, 0.6) is 0 Å². The van der Waals surface area contributed by atoms with Crippen molar-refractivity contribution in [3.05, 3.63) is 72.4 Å². The maximum Gasteiger partial charge on any atom is 0.272 e.